The number of hydrogen-bond acceptors (Lipinski definition) is 6. The van der Waals surface area contributed by atoms with Crippen LogP contribution in [-0.2, 0) is 6.18 Å². The van der Waals surface area contributed by atoms with E-state index in [2.05, 4.69) is 33.1 Å². The molecular weight excluding hydrogens is 663 g/mol. The van der Waals surface area contributed by atoms with E-state index in [1.54, 1.807) is 24.3 Å². The summed E-state index contributed by atoms with van der Waals surface area (Å²) in [6, 6.07) is 9.58. The Labute approximate surface area is 277 Å². The number of phenols is 1. The fraction of sp³-hybridized carbons (Fsp3) is 0.543. The SMILES string of the molecule is CCCCCCCCCCCCCCCCCCOc1cc(/N=N/c2c(Br)cc([N+](=O)[O-])cc2C(F)(F)F)c2ccccc2c1O. The highest BCUT2D eigenvalue weighted by Gasteiger charge is 2.37. The summed E-state index contributed by atoms with van der Waals surface area (Å²) in [6.45, 7) is 2.62. The number of benzene rings is 3. The number of fused-ring (bicyclic) bond motifs is 1. The van der Waals surface area contributed by atoms with Crippen LogP contribution < -0.4 is 4.74 Å². The number of nitro groups is 1. The molecule has 1 N–H and O–H groups in total. The molecule has 0 unspecified atom stereocenters. The van der Waals surface area contributed by atoms with Gasteiger partial charge in [-0.2, -0.15) is 13.2 Å². The number of azo groups is 1. The number of unbranched alkanes of at least 4 members (excludes halogenated alkanes) is 15. The van der Waals surface area contributed by atoms with Crippen LogP contribution in [0.25, 0.3) is 10.8 Å². The van der Waals surface area contributed by atoms with Crippen molar-refractivity contribution in [1.29, 1.82) is 0 Å². The zero-order valence-corrected chi connectivity index (χ0v) is 28.2. The molecule has 0 aliphatic heterocycles. The molecule has 0 amide bonds. The molecule has 0 atom stereocenters. The van der Waals surface area contributed by atoms with Crippen molar-refractivity contribution < 1.29 is 27.9 Å². The first-order valence-electron chi connectivity index (χ1n) is 16.5. The van der Waals surface area contributed by atoms with E-state index in [9.17, 15) is 28.4 Å². The molecule has 0 spiro atoms. The van der Waals surface area contributed by atoms with E-state index >= 15 is 0 Å². The minimum atomic E-state index is -4.90. The van der Waals surface area contributed by atoms with Crippen molar-refractivity contribution in [2.24, 2.45) is 10.2 Å². The molecule has 0 radical (unpaired) electrons. The summed E-state index contributed by atoms with van der Waals surface area (Å²) in [4.78, 5) is 10.2. The highest BCUT2D eigenvalue weighted by atomic mass is 79.9. The van der Waals surface area contributed by atoms with Gasteiger partial charge in [-0.1, -0.05) is 128 Å². The third-order valence-corrected chi connectivity index (χ3v) is 8.64. The first-order chi connectivity index (χ1) is 22.1. The second-order valence-corrected chi connectivity index (χ2v) is 12.6. The fourth-order valence-electron chi connectivity index (χ4n) is 5.45. The first kappa shape index (κ1) is 37.2. The number of rotatable bonds is 21. The first-order valence-corrected chi connectivity index (χ1v) is 17.3. The summed E-state index contributed by atoms with van der Waals surface area (Å²) < 4.78 is 47.0. The minimum Gasteiger partial charge on any atom is -0.504 e. The largest absolute Gasteiger partial charge is 0.504 e. The Balaban J connectivity index is 1.50. The standard InChI is InChI=1S/C35H45BrF3N3O4/c1-2-3-4-5-6-7-8-9-10-11-12-13-14-15-16-19-22-46-32-25-31(27-20-17-18-21-28(27)34(32)43)40-41-33-29(35(37,38)39)23-26(42(44)45)24-30(33)36/h17-18,20-21,23-25,43H,2-16,19,22H2,1H3/b41-40+. The van der Waals surface area contributed by atoms with Gasteiger partial charge in [-0.3, -0.25) is 10.1 Å². The number of aromatic hydroxyl groups is 1. The molecule has 0 aromatic heterocycles. The van der Waals surface area contributed by atoms with E-state index in [0.29, 0.717) is 23.4 Å². The van der Waals surface area contributed by atoms with Gasteiger partial charge in [0.25, 0.3) is 5.69 Å². The van der Waals surface area contributed by atoms with E-state index in [1.807, 2.05) is 0 Å². The summed E-state index contributed by atoms with van der Waals surface area (Å²) in [5.41, 5.74) is -2.42. The highest BCUT2D eigenvalue weighted by molar-refractivity contribution is 9.10. The van der Waals surface area contributed by atoms with Crippen molar-refractivity contribution in [1.82, 2.24) is 0 Å². The topological polar surface area (TPSA) is 97.3 Å². The van der Waals surface area contributed by atoms with E-state index in [0.717, 1.165) is 25.3 Å². The quantitative estimate of drug-likeness (QED) is 0.0515. The minimum absolute atomic E-state index is 0.0847. The molecule has 3 aromatic carbocycles. The number of nitrogens with zero attached hydrogens (tertiary/aromatic N) is 3. The van der Waals surface area contributed by atoms with E-state index in [-0.39, 0.29) is 21.7 Å². The number of nitro benzene ring substituents is 1. The summed E-state index contributed by atoms with van der Waals surface area (Å²) in [6.07, 6.45) is 15.2. The molecule has 0 bridgehead atoms. The van der Waals surface area contributed by atoms with Crippen LogP contribution in [0.4, 0.5) is 30.2 Å². The van der Waals surface area contributed by atoms with Crippen LogP contribution >= 0.6 is 15.9 Å². The smallest absolute Gasteiger partial charge is 0.418 e. The van der Waals surface area contributed by atoms with Gasteiger partial charge in [0.2, 0.25) is 0 Å². The molecule has 7 nitrogen and oxygen atoms in total. The average molecular weight is 709 g/mol. The molecule has 11 heteroatoms. The Kier molecular flexibility index (Phi) is 15.8. The van der Waals surface area contributed by atoms with Crippen LogP contribution in [0.15, 0.2) is 57.2 Å². The van der Waals surface area contributed by atoms with Gasteiger partial charge in [-0.15, -0.1) is 10.2 Å². The molecule has 0 fully saturated rings. The molecule has 0 saturated heterocycles. The second kappa shape index (κ2) is 19.5. The molecule has 46 heavy (non-hydrogen) atoms. The maximum Gasteiger partial charge on any atom is 0.418 e. The maximum atomic E-state index is 13.8. The summed E-state index contributed by atoms with van der Waals surface area (Å²) in [5, 5.41) is 30.8. The zero-order chi connectivity index (χ0) is 33.4. The van der Waals surface area contributed by atoms with Crippen LogP contribution in [0, 0.1) is 10.1 Å². The highest BCUT2D eigenvalue weighted by Crippen LogP contribution is 2.45. The Hall–Kier alpha value is -3.21. The molecular formula is C35H45BrF3N3O4. The van der Waals surface area contributed by atoms with Gasteiger partial charge in [-0.25, -0.2) is 0 Å². The van der Waals surface area contributed by atoms with E-state index < -0.39 is 28.0 Å². The van der Waals surface area contributed by atoms with E-state index in [4.69, 9.17) is 4.74 Å². The van der Waals surface area contributed by atoms with Crippen LogP contribution in [0.3, 0.4) is 0 Å². The predicted molar refractivity (Wildman–Crippen MR) is 181 cm³/mol. The number of phenolic OH excluding ortho intramolecular Hbond substituents is 1. The van der Waals surface area contributed by atoms with Crippen molar-refractivity contribution in [3.05, 3.63) is 62.6 Å². The predicted octanol–water partition coefficient (Wildman–Crippen LogP) is 13.3. The fourth-order valence-corrected chi connectivity index (χ4v) is 5.98. The van der Waals surface area contributed by atoms with Gasteiger partial charge in [0.1, 0.15) is 5.69 Å². The van der Waals surface area contributed by atoms with Crippen molar-refractivity contribution in [3.8, 4) is 11.5 Å². The van der Waals surface area contributed by atoms with Gasteiger partial charge in [-0.05, 0) is 22.4 Å². The van der Waals surface area contributed by atoms with Gasteiger partial charge in [0.15, 0.2) is 11.5 Å². The Morgan fingerprint density at radius 1 is 0.804 bits per heavy atom. The van der Waals surface area contributed by atoms with Gasteiger partial charge < -0.3 is 9.84 Å². The second-order valence-electron chi connectivity index (χ2n) is 11.7. The monoisotopic (exact) mass is 707 g/mol. The van der Waals surface area contributed by atoms with Gasteiger partial charge in [0.05, 0.1) is 27.3 Å². The number of halogens is 4. The average Bonchev–Trinajstić information content (AvgIpc) is 3.02. The Bertz CT molecular complexity index is 1430. The number of alkyl halides is 3. The van der Waals surface area contributed by atoms with Crippen LogP contribution in [0.1, 0.15) is 115 Å². The number of non-ortho nitro benzene ring substituents is 1. The third-order valence-electron chi connectivity index (χ3n) is 8.04. The number of ether oxygens (including phenoxy) is 1. The van der Waals surface area contributed by atoms with Crippen molar-refractivity contribution in [3.63, 3.8) is 0 Å². The van der Waals surface area contributed by atoms with Crippen molar-refractivity contribution in [2.45, 2.75) is 116 Å². The molecule has 3 rings (SSSR count). The Morgan fingerprint density at radius 3 is 1.85 bits per heavy atom. The third kappa shape index (κ3) is 11.9. The molecule has 3 aromatic rings. The summed E-state index contributed by atoms with van der Waals surface area (Å²) >= 11 is 2.98. The van der Waals surface area contributed by atoms with E-state index in [1.165, 1.54) is 89.5 Å². The van der Waals surface area contributed by atoms with Crippen molar-refractivity contribution >= 4 is 43.8 Å². The van der Waals surface area contributed by atoms with Gasteiger partial charge in [0, 0.05) is 29.0 Å². The lowest BCUT2D eigenvalue weighted by Gasteiger charge is -2.13. The lowest BCUT2D eigenvalue weighted by molar-refractivity contribution is -0.385. The van der Waals surface area contributed by atoms with Crippen LogP contribution in [-0.4, -0.2) is 16.6 Å². The Morgan fingerprint density at radius 2 is 1.33 bits per heavy atom. The lowest BCUT2D eigenvalue weighted by atomic mass is 10.0. The summed E-state index contributed by atoms with van der Waals surface area (Å²) in [5.74, 6) is 0.0750. The molecule has 0 heterocycles. The normalized spacial score (nSPS) is 11.9. The van der Waals surface area contributed by atoms with Crippen LogP contribution in [0.2, 0.25) is 0 Å². The van der Waals surface area contributed by atoms with Crippen molar-refractivity contribution in [2.75, 3.05) is 6.61 Å². The zero-order valence-electron chi connectivity index (χ0n) is 26.6. The number of hydrogen-bond donors (Lipinski definition) is 1. The van der Waals surface area contributed by atoms with Crippen LogP contribution in [0.5, 0.6) is 11.5 Å². The molecule has 0 aliphatic rings. The maximum absolute atomic E-state index is 13.8. The summed E-state index contributed by atoms with van der Waals surface area (Å²) in [7, 11) is 0. The van der Waals surface area contributed by atoms with Gasteiger partial charge >= 0.3 is 6.18 Å². The molecule has 0 aliphatic carbocycles. The lowest BCUT2D eigenvalue weighted by Crippen LogP contribution is -2.06. The molecule has 252 valence electrons. The molecule has 0 saturated carbocycles.